The molecule has 6 heteroatoms. The second kappa shape index (κ2) is 7.46. The first-order chi connectivity index (χ1) is 13.6. The SMILES string of the molecule is CCOc1ccccc1N1CC(c2nc(-c3cc(C)ccc3C)no2)CC1=O. The van der Waals surface area contributed by atoms with E-state index in [1.54, 1.807) is 4.90 Å². The van der Waals surface area contributed by atoms with E-state index in [9.17, 15) is 4.79 Å². The van der Waals surface area contributed by atoms with E-state index in [0.29, 0.717) is 37.0 Å². The van der Waals surface area contributed by atoms with E-state index in [4.69, 9.17) is 9.26 Å². The van der Waals surface area contributed by atoms with Gasteiger partial charge < -0.3 is 14.2 Å². The van der Waals surface area contributed by atoms with Gasteiger partial charge in [0.05, 0.1) is 18.2 Å². The number of hydrogen-bond donors (Lipinski definition) is 0. The Morgan fingerprint density at radius 3 is 2.86 bits per heavy atom. The number of benzene rings is 2. The maximum atomic E-state index is 12.7. The van der Waals surface area contributed by atoms with E-state index in [-0.39, 0.29) is 11.8 Å². The highest BCUT2D eigenvalue weighted by molar-refractivity contribution is 5.97. The van der Waals surface area contributed by atoms with Gasteiger partial charge in [-0.15, -0.1) is 0 Å². The second-order valence-electron chi connectivity index (χ2n) is 7.08. The number of amides is 1. The van der Waals surface area contributed by atoms with Crippen molar-refractivity contribution in [1.82, 2.24) is 10.1 Å². The highest BCUT2D eigenvalue weighted by Gasteiger charge is 2.36. The summed E-state index contributed by atoms with van der Waals surface area (Å²) in [5.74, 6) is 1.68. The van der Waals surface area contributed by atoms with Crippen LogP contribution in [-0.4, -0.2) is 29.2 Å². The predicted octanol–water partition coefficient (Wildman–Crippen LogP) is 4.27. The van der Waals surface area contributed by atoms with Crippen LogP contribution in [-0.2, 0) is 4.79 Å². The molecule has 0 N–H and O–H groups in total. The maximum Gasteiger partial charge on any atom is 0.232 e. The van der Waals surface area contributed by atoms with Crippen molar-refractivity contribution in [2.75, 3.05) is 18.1 Å². The van der Waals surface area contributed by atoms with Crippen molar-refractivity contribution in [3.63, 3.8) is 0 Å². The Labute approximate surface area is 164 Å². The molecule has 1 atom stereocenters. The third-order valence-electron chi connectivity index (χ3n) is 5.01. The van der Waals surface area contributed by atoms with Gasteiger partial charge in [0.15, 0.2) is 0 Å². The zero-order chi connectivity index (χ0) is 19.7. The lowest BCUT2D eigenvalue weighted by Gasteiger charge is -2.19. The lowest BCUT2D eigenvalue weighted by Crippen LogP contribution is -2.25. The summed E-state index contributed by atoms with van der Waals surface area (Å²) >= 11 is 0. The molecule has 1 aliphatic rings. The Balaban J connectivity index is 1.59. The van der Waals surface area contributed by atoms with Crippen molar-refractivity contribution >= 4 is 11.6 Å². The number of carbonyl (C=O) groups is 1. The molecule has 6 nitrogen and oxygen atoms in total. The van der Waals surface area contributed by atoms with Gasteiger partial charge in [-0.3, -0.25) is 4.79 Å². The normalized spacial score (nSPS) is 16.6. The summed E-state index contributed by atoms with van der Waals surface area (Å²) in [4.78, 5) is 19.0. The monoisotopic (exact) mass is 377 g/mol. The number of rotatable bonds is 5. The fraction of sp³-hybridized carbons (Fsp3) is 0.318. The van der Waals surface area contributed by atoms with Crippen molar-refractivity contribution < 1.29 is 14.1 Å². The quantitative estimate of drug-likeness (QED) is 0.664. The number of anilines is 1. The van der Waals surface area contributed by atoms with Gasteiger partial charge in [-0.2, -0.15) is 4.98 Å². The smallest absolute Gasteiger partial charge is 0.232 e. The molecule has 2 aromatic carbocycles. The number of aryl methyl sites for hydroxylation is 2. The average Bonchev–Trinajstić information content (AvgIpc) is 3.31. The van der Waals surface area contributed by atoms with Crippen molar-refractivity contribution in [2.45, 2.75) is 33.1 Å². The van der Waals surface area contributed by atoms with Gasteiger partial charge in [0.1, 0.15) is 5.75 Å². The molecule has 1 unspecified atom stereocenters. The van der Waals surface area contributed by atoms with Crippen LogP contribution in [0.25, 0.3) is 11.4 Å². The molecule has 1 saturated heterocycles. The number of para-hydroxylation sites is 2. The molecule has 0 aliphatic carbocycles. The highest BCUT2D eigenvalue weighted by atomic mass is 16.5. The molecule has 1 fully saturated rings. The summed E-state index contributed by atoms with van der Waals surface area (Å²) < 4.78 is 11.2. The van der Waals surface area contributed by atoms with Gasteiger partial charge in [-0.1, -0.05) is 35.0 Å². The first kappa shape index (κ1) is 18.2. The van der Waals surface area contributed by atoms with Crippen molar-refractivity contribution in [1.29, 1.82) is 0 Å². The standard InChI is InChI=1S/C22H23N3O3/c1-4-27-19-8-6-5-7-18(19)25-13-16(12-20(25)26)22-23-21(24-28-22)17-11-14(2)9-10-15(17)3/h5-11,16H,4,12-13H2,1-3H3. The first-order valence-electron chi connectivity index (χ1n) is 9.50. The minimum absolute atomic E-state index is 0.0311. The Kier molecular flexibility index (Phi) is 4.86. The average molecular weight is 377 g/mol. The van der Waals surface area contributed by atoms with Gasteiger partial charge >= 0.3 is 0 Å². The van der Waals surface area contributed by atoms with E-state index < -0.39 is 0 Å². The first-order valence-corrected chi connectivity index (χ1v) is 9.50. The van der Waals surface area contributed by atoms with Crippen LogP contribution in [0.15, 0.2) is 47.0 Å². The van der Waals surface area contributed by atoms with Crippen LogP contribution < -0.4 is 9.64 Å². The Bertz CT molecular complexity index is 1010. The molecule has 0 radical (unpaired) electrons. The van der Waals surface area contributed by atoms with Gasteiger partial charge in [-0.25, -0.2) is 0 Å². The molecule has 0 spiro atoms. The lowest BCUT2D eigenvalue weighted by atomic mass is 10.1. The van der Waals surface area contributed by atoms with E-state index in [1.165, 1.54) is 0 Å². The predicted molar refractivity (Wildman–Crippen MR) is 107 cm³/mol. The molecule has 1 aromatic heterocycles. The number of nitrogens with zero attached hydrogens (tertiary/aromatic N) is 3. The summed E-state index contributed by atoms with van der Waals surface area (Å²) in [6.45, 7) is 7.03. The summed E-state index contributed by atoms with van der Waals surface area (Å²) in [5.41, 5.74) is 3.97. The number of aromatic nitrogens is 2. The van der Waals surface area contributed by atoms with E-state index >= 15 is 0 Å². The Morgan fingerprint density at radius 1 is 1.21 bits per heavy atom. The lowest BCUT2D eigenvalue weighted by molar-refractivity contribution is -0.117. The molecule has 28 heavy (non-hydrogen) atoms. The third-order valence-corrected chi connectivity index (χ3v) is 5.01. The molecule has 2 heterocycles. The summed E-state index contributed by atoms with van der Waals surface area (Å²) in [5, 5.41) is 4.16. The minimum Gasteiger partial charge on any atom is -0.492 e. The van der Waals surface area contributed by atoms with Crippen molar-refractivity contribution in [3.8, 4) is 17.1 Å². The van der Waals surface area contributed by atoms with E-state index in [1.807, 2.05) is 51.1 Å². The van der Waals surface area contributed by atoms with Crippen LogP contribution in [0.5, 0.6) is 5.75 Å². The molecular formula is C22H23N3O3. The van der Waals surface area contributed by atoms with Gasteiger partial charge in [0.2, 0.25) is 17.6 Å². The third kappa shape index (κ3) is 3.38. The van der Waals surface area contributed by atoms with Gasteiger partial charge in [-0.05, 0) is 44.5 Å². The molecule has 3 aromatic rings. The summed E-state index contributed by atoms with van der Waals surface area (Å²) in [6.07, 6.45) is 0.342. The van der Waals surface area contributed by atoms with Crippen LogP contribution >= 0.6 is 0 Å². The largest absolute Gasteiger partial charge is 0.492 e. The van der Waals surface area contributed by atoms with Crippen molar-refractivity contribution in [3.05, 3.63) is 59.5 Å². The Morgan fingerprint density at radius 2 is 2.04 bits per heavy atom. The zero-order valence-electron chi connectivity index (χ0n) is 16.3. The van der Waals surface area contributed by atoms with Crippen LogP contribution in [0.3, 0.4) is 0 Å². The molecular weight excluding hydrogens is 354 g/mol. The van der Waals surface area contributed by atoms with Crippen LogP contribution in [0.2, 0.25) is 0 Å². The number of carbonyl (C=O) groups excluding carboxylic acids is 1. The molecule has 1 aliphatic heterocycles. The van der Waals surface area contributed by atoms with Crippen LogP contribution in [0, 0.1) is 13.8 Å². The molecule has 4 rings (SSSR count). The number of ether oxygens (including phenoxy) is 1. The van der Waals surface area contributed by atoms with E-state index in [0.717, 1.165) is 22.4 Å². The van der Waals surface area contributed by atoms with E-state index in [2.05, 4.69) is 22.3 Å². The zero-order valence-corrected chi connectivity index (χ0v) is 16.3. The fourth-order valence-corrected chi connectivity index (χ4v) is 3.55. The van der Waals surface area contributed by atoms with Crippen LogP contribution in [0.4, 0.5) is 5.69 Å². The maximum absolute atomic E-state index is 12.7. The van der Waals surface area contributed by atoms with Crippen LogP contribution in [0.1, 0.15) is 36.3 Å². The topological polar surface area (TPSA) is 68.5 Å². The Hall–Kier alpha value is -3.15. The van der Waals surface area contributed by atoms with Crippen molar-refractivity contribution in [2.24, 2.45) is 0 Å². The fourth-order valence-electron chi connectivity index (χ4n) is 3.55. The van der Waals surface area contributed by atoms with Gasteiger partial charge in [0.25, 0.3) is 0 Å². The highest BCUT2D eigenvalue weighted by Crippen LogP contribution is 2.36. The second-order valence-corrected chi connectivity index (χ2v) is 7.08. The summed E-state index contributed by atoms with van der Waals surface area (Å²) in [6, 6.07) is 13.7. The van der Waals surface area contributed by atoms with Gasteiger partial charge in [0, 0.05) is 18.5 Å². The molecule has 0 bridgehead atoms. The number of hydrogen-bond acceptors (Lipinski definition) is 5. The molecule has 1 amide bonds. The molecule has 0 saturated carbocycles. The summed E-state index contributed by atoms with van der Waals surface area (Å²) in [7, 11) is 0. The molecule has 144 valence electrons. The minimum atomic E-state index is -0.131.